The van der Waals surface area contributed by atoms with Crippen molar-refractivity contribution in [2.24, 2.45) is 0 Å². The summed E-state index contributed by atoms with van der Waals surface area (Å²) in [5.41, 5.74) is 0. The highest BCUT2D eigenvalue weighted by Gasteiger charge is 2.19. The minimum absolute atomic E-state index is 0.0862. The molecule has 2 atom stereocenters. The second-order valence-electron chi connectivity index (χ2n) is 3.53. The van der Waals surface area contributed by atoms with Gasteiger partial charge in [0.05, 0.1) is 0 Å². The van der Waals surface area contributed by atoms with Crippen LogP contribution in [-0.2, 0) is 9.47 Å². The van der Waals surface area contributed by atoms with Gasteiger partial charge in [0.2, 0.25) is 0 Å². The molecule has 0 aromatic rings. The molecule has 0 aliphatic carbocycles. The van der Waals surface area contributed by atoms with Crippen molar-refractivity contribution in [1.82, 2.24) is 4.90 Å². The average Bonchev–Trinajstić information content (AvgIpc) is 2.19. The Hall–Kier alpha value is -0.120. The van der Waals surface area contributed by atoms with Crippen LogP contribution in [0.3, 0.4) is 0 Å². The summed E-state index contributed by atoms with van der Waals surface area (Å²) in [5.74, 6) is 0. The topological polar surface area (TPSA) is 21.7 Å². The predicted octanol–water partition coefficient (Wildman–Crippen LogP) is 3.02. The molecule has 2 unspecified atom stereocenters. The molecule has 0 bridgehead atoms. The zero-order chi connectivity index (χ0) is 11.7. The van der Waals surface area contributed by atoms with Crippen molar-refractivity contribution in [2.75, 3.05) is 13.2 Å². The van der Waals surface area contributed by atoms with Crippen LogP contribution in [0, 0.1) is 6.54 Å². The number of ether oxygens (including phenoxy) is 2. The molecule has 0 aliphatic rings. The second kappa shape index (κ2) is 9.13. The van der Waals surface area contributed by atoms with Crippen molar-refractivity contribution < 1.29 is 9.47 Å². The van der Waals surface area contributed by atoms with Crippen molar-refractivity contribution in [1.29, 1.82) is 0 Å². The van der Waals surface area contributed by atoms with Gasteiger partial charge in [-0.2, -0.15) is 0 Å². The standard InChI is InChI=1S/C12H26NO2/c1-6-9-10-13(11(4)14-7-2)12(5)15-8-3/h10-12H,6-9H2,1-5H3. The SMILES string of the molecule is CCC[CH]N(C(C)OCC)C(C)OCC. The third kappa shape index (κ3) is 6.13. The Bertz CT molecular complexity index is 130. The van der Waals surface area contributed by atoms with Crippen LogP contribution in [0.25, 0.3) is 0 Å². The largest absolute Gasteiger partial charge is 0.364 e. The van der Waals surface area contributed by atoms with Crippen LogP contribution in [0.2, 0.25) is 0 Å². The number of unbranched alkanes of at least 4 members (excludes halogenated alkanes) is 1. The predicted molar refractivity (Wildman–Crippen MR) is 63.2 cm³/mol. The summed E-state index contributed by atoms with van der Waals surface area (Å²) in [4.78, 5) is 2.15. The van der Waals surface area contributed by atoms with Crippen LogP contribution in [-0.4, -0.2) is 30.6 Å². The molecule has 3 heteroatoms. The number of hydrogen-bond donors (Lipinski definition) is 0. The zero-order valence-electron chi connectivity index (χ0n) is 10.8. The van der Waals surface area contributed by atoms with E-state index < -0.39 is 0 Å². The molecule has 0 heterocycles. The van der Waals surface area contributed by atoms with Crippen molar-refractivity contribution in [3.8, 4) is 0 Å². The lowest BCUT2D eigenvalue weighted by Crippen LogP contribution is -2.41. The van der Waals surface area contributed by atoms with E-state index in [4.69, 9.17) is 9.47 Å². The Kier molecular flexibility index (Phi) is 9.06. The number of hydrogen-bond acceptors (Lipinski definition) is 3. The van der Waals surface area contributed by atoms with Gasteiger partial charge in [0, 0.05) is 19.8 Å². The van der Waals surface area contributed by atoms with Crippen molar-refractivity contribution in [2.45, 2.75) is 59.9 Å². The maximum absolute atomic E-state index is 5.58. The molecule has 0 aromatic carbocycles. The fraction of sp³-hybridized carbons (Fsp3) is 0.917. The first-order valence-electron chi connectivity index (χ1n) is 6.01. The van der Waals surface area contributed by atoms with Crippen molar-refractivity contribution in [3.63, 3.8) is 0 Å². The van der Waals surface area contributed by atoms with Crippen LogP contribution in [0.4, 0.5) is 0 Å². The average molecular weight is 216 g/mol. The van der Waals surface area contributed by atoms with Gasteiger partial charge >= 0.3 is 0 Å². The molecule has 0 aliphatic heterocycles. The molecule has 91 valence electrons. The third-order valence-electron chi connectivity index (χ3n) is 2.28. The highest BCUT2D eigenvalue weighted by molar-refractivity contribution is 4.71. The van der Waals surface area contributed by atoms with Gasteiger partial charge in [-0.25, -0.2) is 4.90 Å². The number of rotatable bonds is 9. The molecule has 0 aromatic heterocycles. The van der Waals surface area contributed by atoms with E-state index in [9.17, 15) is 0 Å². The first-order chi connectivity index (χ1) is 7.17. The minimum atomic E-state index is 0.0862. The fourth-order valence-electron chi connectivity index (χ4n) is 1.53. The van der Waals surface area contributed by atoms with Gasteiger partial charge < -0.3 is 9.47 Å². The third-order valence-corrected chi connectivity index (χ3v) is 2.28. The lowest BCUT2D eigenvalue weighted by molar-refractivity contribution is -0.122. The second-order valence-corrected chi connectivity index (χ2v) is 3.53. The van der Waals surface area contributed by atoms with Crippen LogP contribution in [0.5, 0.6) is 0 Å². The Labute approximate surface area is 94.7 Å². The molecular formula is C12H26NO2. The van der Waals surface area contributed by atoms with Gasteiger partial charge in [0.15, 0.2) is 0 Å². The summed E-state index contributed by atoms with van der Waals surface area (Å²) >= 11 is 0. The summed E-state index contributed by atoms with van der Waals surface area (Å²) in [5, 5.41) is 0. The van der Waals surface area contributed by atoms with Crippen molar-refractivity contribution in [3.05, 3.63) is 6.54 Å². The highest BCUT2D eigenvalue weighted by atomic mass is 16.5. The molecule has 15 heavy (non-hydrogen) atoms. The van der Waals surface area contributed by atoms with E-state index in [1.807, 2.05) is 13.8 Å². The molecule has 3 nitrogen and oxygen atoms in total. The van der Waals surface area contributed by atoms with Crippen molar-refractivity contribution >= 4 is 0 Å². The maximum Gasteiger partial charge on any atom is 0.110 e. The van der Waals surface area contributed by atoms with Gasteiger partial charge in [0.25, 0.3) is 0 Å². The highest BCUT2D eigenvalue weighted by Crippen LogP contribution is 2.13. The van der Waals surface area contributed by atoms with E-state index in [2.05, 4.69) is 32.2 Å². The maximum atomic E-state index is 5.58. The first-order valence-corrected chi connectivity index (χ1v) is 6.01. The van der Waals surface area contributed by atoms with E-state index in [-0.39, 0.29) is 12.5 Å². The van der Waals surface area contributed by atoms with E-state index in [1.165, 1.54) is 0 Å². The zero-order valence-corrected chi connectivity index (χ0v) is 10.8. The molecule has 0 spiro atoms. The Morgan fingerprint density at radius 3 is 1.80 bits per heavy atom. The van der Waals surface area contributed by atoms with Crippen LogP contribution < -0.4 is 0 Å². The molecule has 0 amide bonds. The summed E-state index contributed by atoms with van der Waals surface area (Å²) in [6.07, 6.45) is 2.38. The van der Waals surface area contributed by atoms with E-state index in [0.29, 0.717) is 0 Å². The normalized spacial score (nSPS) is 15.6. The first kappa shape index (κ1) is 14.9. The molecule has 0 rings (SSSR count). The lowest BCUT2D eigenvalue weighted by Gasteiger charge is -2.33. The van der Waals surface area contributed by atoms with Gasteiger partial charge in [-0.15, -0.1) is 0 Å². The van der Waals surface area contributed by atoms with E-state index >= 15 is 0 Å². The summed E-state index contributed by atoms with van der Waals surface area (Å²) in [6, 6.07) is 0. The molecule has 0 N–H and O–H groups in total. The smallest absolute Gasteiger partial charge is 0.110 e. The minimum Gasteiger partial charge on any atom is -0.364 e. The number of nitrogens with zero attached hydrogens (tertiary/aromatic N) is 1. The lowest BCUT2D eigenvalue weighted by atomic mass is 10.3. The van der Waals surface area contributed by atoms with E-state index in [0.717, 1.165) is 26.1 Å². The Balaban J connectivity index is 4.14. The summed E-state index contributed by atoms with van der Waals surface area (Å²) < 4.78 is 11.2. The van der Waals surface area contributed by atoms with E-state index in [1.54, 1.807) is 0 Å². The van der Waals surface area contributed by atoms with Gasteiger partial charge in [-0.05, 0) is 34.1 Å². The van der Waals surface area contributed by atoms with Crippen LogP contribution in [0.15, 0.2) is 0 Å². The monoisotopic (exact) mass is 216 g/mol. The molecular weight excluding hydrogens is 190 g/mol. The molecule has 0 saturated heterocycles. The molecule has 0 saturated carbocycles. The Morgan fingerprint density at radius 1 is 1.00 bits per heavy atom. The van der Waals surface area contributed by atoms with Crippen LogP contribution in [0.1, 0.15) is 47.5 Å². The summed E-state index contributed by atoms with van der Waals surface area (Å²) in [6.45, 7) is 14.0. The quantitative estimate of drug-likeness (QED) is 0.553. The molecule has 1 radical (unpaired) electrons. The van der Waals surface area contributed by atoms with Crippen LogP contribution >= 0.6 is 0 Å². The molecule has 0 fully saturated rings. The van der Waals surface area contributed by atoms with Gasteiger partial charge in [-0.3, -0.25) is 0 Å². The van der Waals surface area contributed by atoms with Gasteiger partial charge in [0.1, 0.15) is 12.5 Å². The summed E-state index contributed by atoms with van der Waals surface area (Å²) in [7, 11) is 0. The van der Waals surface area contributed by atoms with Gasteiger partial charge in [-0.1, -0.05) is 13.3 Å². The Morgan fingerprint density at radius 2 is 1.47 bits per heavy atom. The fourth-order valence-corrected chi connectivity index (χ4v) is 1.53.